The summed E-state index contributed by atoms with van der Waals surface area (Å²) >= 11 is 10.3. The number of benzene rings is 2. The van der Waals surface area contributed by atoms with Crippen molar-refractivity contribution < 1.29 is 22.8 Å². The van der Waals surface area contributed by atoms with Crippen molar-refractivity contribution in [2.45, 2.75) is 32.5 Å². The van der Waals surface area contributed by atoms with Gasteiger partial charge in [-0.3, -0.25) is 20.9 Å². The molecule has 0 unspecified atom stereocenters. The fourth-order valence-electron chi connectivity index (χ4n) is 1.68. The molecular weight excluding hydrogens is 476 g/mol. The SMILES string of the molecule is C=Cc1cc(C(=O)Cl)ccc1C(F)(F)F.CC(C)(C)NN.Cl.O=C(Cl)c1ccccc1. The molecule has 0 atom stereocenters. The van der Waals surface area contributed by atoms with E-state index >= 15 is 0 Å². The molecule has 0 aliphatic heterocycles. The van der Waals surface area contributed by atoms with Crippen LogP contribution in [0.25, 0.3) is 6.08 Å². The molecule has 10 heteroatoms. The molecule has 0 saturated carbocycles. The molecule has 4 nitrogen and oxygen atoms in total. The fraction of sp³-hybridized carbons (Fsp3) is 0.238. The quantitative estimate of drug-likeness (QED) is 0.289. The van der Waals surface area contributed by atoms with Crippen LogP contribution in [0, 0.1) is 0 Å². The second-order valence-electron chi connectivity index (χ2n) is 6.81. The third kappa shape index (κ3) is 13.2. The molecule has 0 aromatic heterocycles. The largest absolute Gasteiger partial charge is 0.416 e. The summed E-state index contributed by atoms with van der Waals surface area (Å²) in [6.45, 7) is 9.27. The number of nitrogens with one attached hydrogen (secondary N) is 1. The Kier molecular flexibility index (Phi) is 14.3. The summed E-state index contributed by atoms with van der Waals surface area (Å²) < 4.78 is 37.2. The average Bonchev–Trinajstić information content (AvgIpc) is 2.67. The van der Waals surface area contributed by atoms with Crippen LogP contribution in [0.1, 0.15) is 52.6 Å². The van der Waals surface area contributed by atoms with Gasteiger partial charge in [-0.25, -0.2) is 0 Å². The highest BCUT2D eigenvalue weighted by Gasteiger charge is 2.32. The van der Waals surface area contributed by atoms with Crippen molar-refractivity contribution >= 4 is 52.2 Å². The molecular formula is C21H24Cl3F3N2O2. The van der Waals surface area contributed by atoms with Crippen LogP contribution in [0.15, 0.2) is 55.1 Å². The predicted octanol–water partition coefficient (Wildman–Crippen LogP) is 6.46. The summed E-state index contributed by atoms with van der Waals surface area (Å²) in [5, 5.41) is -1.21. The van der Waals surface area contributed by atoms with Crippen molar-refractivity contribution in [2.24, 2.45) is 5.84 Å². The van der Waals surface area contributed by atoms with Crippen LogP contribution in [0.4, 0.5) is 13.2 Å². The van der Waals surface area contributed by atoms with Crippen LogP contribution in [0.3, 0.4) is 0 Å². The van der Waals surface area contributed by atoms with Crippen LogP contribution in [0.5, 0.6) is 0 Å². The lowest BCUT2D eigenvalue weighted by Gasteiger charge is -2.14. The molecule has 0 aliphatic rings. The Labute approximate surface area is 196 Å². The number of nitrogens with two attached hydrogens (primary N) is 1. The number of carbonyl (C=O) groups is 2. The predicted molar refractivity (Wildman–Crippen MR) is 123 cm³/mol. The number of alkyl halides is 3. The van der Waals surface area contributed by atoms with E-state index in [0.29, 0.717) is 5.56 Å². The maximum Gasteiger partial charge on any atom is 0.416 e. The van der Waals surface area contributed by atoms with Gasteiger partial charge in [-0.2, -0.15) is 13.2 Å². The van der Waals surface area contributed by atoms with Gasteiger partial charge in [0.25, 0.3) is 10.5 Å². The van der Waals surface area contributed by atoms with Crippen LogP contribution in [0.2, 0.25) is 0 Å². The van der Waals surface area contributed by atoms with Gasteiger partial charge in [-0.05, 0) is 67.7 Å². The van der Waals surface area contributed by atoms with E-state index in [4.69, 9.17) is 29.0 Å². The molecule has 0 radical (unpaired) electrons. The zero-order valence-electron chi connectivity index (χ0n) is 17.1. The van der Waals surface area contributed by atoms with Gasteiger partial charge in [0.05, 0.1) is 5.56 Å². The van der Waals surface area contributed by atoms with E-state index in [1.165, 1.54) is 0 Å². The second kappa shape index (κ2) is 14.2. The summed E-state index contributed by atoms with van der Waals surface area (Å²) in [7, 11) is 0. The Hall–Kier alpha value is -1.90. The molecule has 0 heterocycles. The molecule has 0 amide bonds. The molecule has 31 heavy (non-hydrogen) atoms. The van der Waals surface area contributed by atoms with E-state index in [0.717, 1.165) is 24.3 Å². The standard InChI is InChI=1S/C10H6ClF3O.C7H5ClO.C4H12N2.ClH/c1-2-6-5-7(9(11)15)3-4-8(6)10(12,13)14;8-7(9)6-4-2-1-3-5-6;1-4(2,3)6-5;/h2-5H,1H2;1-5H;6H,5H2,1-3H3;1H. The topological polar surface area (TPSA) is 72.2 Å². The van der Waals surface area contributed by atoms with Crippen molar-refractivity contribution in [2.75, 3.05) is 0 Å². The van der Waals surface area contributed by atoms with Crippen LogP contribution < -0.4 is 11.3 Å². The minimum atomic E-state index is -4.46. The van der Waals surface area contributed by atoms with E-state index in [2.05, 4.69) is 12.0 Å². The number of hydrogen-bond acceptors (Lipinski definition) is 4. The number of carbonyl (C=O) groups excluding carboxylic acids is 2. The zero-order chi connectivity index (χ0) is 23.5. The van der Waals surface area contributed by atoms with Gasteiger partial charge in [0.1, 0.15) is 0 Å². The van der Waals surface area contributed by atoms with Crippen molar-refractivity contribution in [1.82, 2.24) is 5.43 Å². The smallest absolute Gasteiger partial charge is 0.276 e. The highest BCUT2D eigenvalue weighted by atomic mass is 35.5. The molecule has 2 rings (SSSR count). The maximum atomic E-state index is 12.4. The minimum Gasteiger partial charge on any atom is -0.276 e. The van der Waals surface area contributed by atoms with Crippen molar-refractivity contribution in [3.05, 3.63) is 77.4 Å². The summed E-state index contributed by atoms with van der Waals surface area (Å²) in [5.41, 5.74) is 2.24. The molecule has 2 aromatic rings. The van der Waals surface area contributed by atoms with Crippen molar-refractivity contribution in [1.29, 1.82) is 0 Å². The second-order valence-corrected chi connectivity index (χ2v) is 7.50. The summed E-state index contributed by atoms with van der Waals surface area (Å²) in [6.07, 6.45) is -3.43. The minimum absolute atomic E-state index is 0. The van der Waals surface area contributed by atoms with Crippen LogP contribution >= 0.6 is 35.6 Å². The lowest BCUT2D eigenvalue weighted by molar-refractivity contribution is -0.137. The first-order chi connectivity index (χ1) is 13.7. The summed E-state index contributed by atoms with van der Waals surface area (Å²) in [5.74, 6) is 5.06. The Morgan fingerprint density at radius 2 is 1.42 bits per heavy atom. The molecule has 0 bridgehead atoms. The maximum absolute atomic E-state index is 12.4. The molecule has 0 fully saturated rings. The third-order valence-corrected chi connectivity index (χ3v) is 3.67. The fourth-order valence-corrected chi connectivity index (χ4v) is 1.92. The van der Waals surface area contributed by atoms with E-state index < -0.39 is 22.2 Å². The highest BCUT2D eigenvalue weighted by molar-refractivity contribution is 6.68. The van der Waals surface area contributed by atoms with Crippen molar-refractivity contribution in [3.63, 3.8) is 0 Å². The van der Waals surface area contributed by atoms with Crippen LogP contribution in [-0.2, 0) is 6.18 Å². The normalized spacial score (nSPS) is 10.4. The molecule has 2 aromatic carbocycles. The molecule has 0 aliphatic carbocycles. The van der Waals surface area contributed by atoms with Crippen molar-refractivity contribution in [3.8, 4) is 0 Å². The Morgan fingerprint density at radius 3 is 1.71 bits per heavy atom. The Bertz CT molecular complexity index is 853. The molecule has 0 saturated heterocycles. The summed E-state index contributed by atoms with van der Waals surface area (Å²) in [6, 6.07) is 11.6. The average molecular weight is 500 g/mol. The zero-order valence-corrected chi connectivity index (χ0v) is 19.4. The first-order valence-corrected chi connectivity index (χ1v) is 9.24. The number of hydrogen-bond donors (Lipinski definition) is 2. The number of rotatable bonds is 3. The number of halogens is 6. The Balaban J connectivity index is 0. The lowest BCUT2D eigenvalue weighted by atomic mass is 10.0. The molecule has 3 N–H and O–H groups in total. The van der Waals surface area contributed by atoms with Gasteiger partial charge >= 0.3 is 6.18 Å². The van der Waals surface area contributed by atoms with E-state index in [1.807, 2.05) is 26.8 Å². The van der Waals surface area contributed by atoms with Gasteiger partial charge in [-0.15, -0.1) is 12.4 Å². The first kappa shape index (κ1) is 31.3. The highest BCUT2D eigenvalue weighted by Crippen LogP contribution is 2.33. The van der Waals surface area contributed by atoms with Gasteiger partial charge in [0, 0.05) is 16.7 Å². The number of hydrazine groups is 1. The lowest BCUT2D eigenvalue weighted by Crippen LogP contribution is -2.41. The first-order valence-electron chi connectivity index (χ1n) is 8.49. The van der Waals surface area contributed by atoms with E-state index in [9.17, 15) is 22.8 Å². The monoisotopic (exact) mass is 498 g/mol. The third-order valence-electron chi connectivity index (χ3n) is 3.24. The van der Waals surface area contributed by atoms with Gasteiger partial charge in [-0.1, -0.05) is 43.0 Å². The molecule has 172 valence electrons. The van der Waals surface area contributed by atoms with E-state index in [1.54, 1.807) is 24.3 Å². The van der Waals surface area contributed by atoms with E-state index in [-0.39, 0.29) is 29.1 Å². The van der Waals surface area contributed by atoms with Gasteiger partial charge in [0.2, 0.25) is 0 Å². The van der Waals surface area contributed by atoms with Gasteiger partial charge < -0.3 is 0 Å². The van der Waals surface area contributed by atoms with Crippen LogP contribution in [-0.4, -0.2) is 16.0 Å². The van der Waals surface area contributed by atoms with Gasteiger partial charge in [0.15, 0.2) is 0 Å². The Morgan fingerprint density at radius 1 is 0.968 bits per heavy atom. The molecule has 0 spiro atoms. The summed E-state index contributed by atoms with van der Waals surface area (Å²) in [4.78, 5) is 21.1.